The van der Waals surface area contributed by atoms with Gasteiger partial charge < -0.3 is 5.32 Å². The summed E-state index contributed by atoms with van der Waals surface area (Å²) in [6.07, 6.45) is 1.65. The van der Waals surface area contributed by atoms with Crippen LogP contribution >= 0.6 is 23.2 Å². The molecule has 0 radical (unpaired) electrons. The van der Waals surface area contributed by atoms with Crippen LogP contribution in [0.3, 0.4) is 0 Å². The Bertz CT molecular complexity index is 1250. The maximum absolute atomic E-state index is 14.0. The van der Waals surface area contributed by atoms with E-state index in [9.17, 15) is 14.4 Å². The molecule has 4 heterocycles. The lowest BCUT2D eigenvalue weighted by molar-refractivity contribution is -0.135. The molecular weight excluding hydrogens is 449 g/mol. The third-order valence-corrected chi connectivity index (χ3v) is 8.15. The van der Waals surface area contributed by atoms with E-state index in [0.717, 1.165) is 40.1 Å². The Balaban J connectivity index is 1.59. The van der Waals surface area contributed by atoms with Crippen LogP contribution in [0.25, 0.3) is 0 Å². The van der Waals surface area contributed by atoms with Gasteiger partial charge in [0, 0.05) is 22.3 Å². The van der Waals surface area contributed by atoms with Crippen LogP contribution in [0.15, 0.2) is 30.3 Å². The predicted molar refractivity (Wildman–Crippen MR) is 122 cm³/mol. The zero-order valence-corrected chi connectivity index (χ0v) is 19.1. The lowest BCUT2D eigenvalue weighted by Gasteiger charge is -2.37. The number of imide groups is 1. The van der Waals surface area contributed by atoms with Crippen LogP contribution in [0.1, 0.15) is 29.5 Å². The fourth-order valence-corrected chi connectivity index (χ4v) is 6.92. The molecule has 3 fully saturated rings. The SMILES string of the molecule is Cc1cc(C)c2c(c1)[C@]1(C(=O)N2)[C@@H]2C(=O)N(c3cc(Cl)ccc3Cl)C(=O)[C@H]2[C@@H]2CCCN21. The Kier molecular flexibility index (Phi) is 4.15. The molecule has 32 heavy (non-hydrogen) atoms. The van der Waals surface area contributed by atoms with Crippen molar-refractivity contribution >= 4 is 52.3 Å². The van der Waals surface area contributed by atoms with Gasteiger partial charge >= 0.3 is 0 Å². The van der Waals surface area contributed by atoms with E-state index in [1.54, 1.807) is 12.1 Å². The first-order chi connectivity index (χ1) is 15.3. The normalized spacial score (nSPS) is 30.8. The Hall–Kier alpha value is -2.41. The first-order valence-corrected chi connectivity index (χ1v) is 11.5. The third-order valence-electron chi connectivity index (χ3n) is 7.59. The van der Waals surface area contributed by atoms with E-state index in [1.807, 2.05) is 26.0 Å². The number of aryl methyl sites for hydroxylation is 2. The minimum absolute atomic E-state index is 0.170. The van der Waals surface area contributed by atoms with E-state index >= 15 is 0 Å². The zero-order valence-electron chi connectivity index (χ0n) is 17.6. The number of carbonyl (C=O) groups is 3. The van der Waals surface area contributed by atoms with Gasteiger partial charge in [-0.1, -0.05) is 40.9 Å². The molecule has 164 valence electrons. The highest BCUT2D eigenvalue weighted by molar-refractivity contribution is 6.38. The smallest absolute Gasteiger partial charge is 0.250 e. The van der Waals surface area contributed by atoms with Crippen LogP contribution in [0.4, 0.5) is 11.4 Å². The minimum atomic E-state index is -1.19. The summed E-state index contributed by atoms with van der Waals surface area (Å²) >= 11 is 12.5. The van der Waals surface area contributed by atoms with Crippen LogP contribution < -0.4 is 10.2 Å². The summed E-state index contributed by atoms with van der Waals surface area (Å²) < 4.78 is 0. The molecule has 4 aliphatic rings. The number of rotatable bonds is 1. The van der Waals surface area contributed by atoms with Crippen molar-refractivity contribution in [2.75, 3.05) is 16.8 Å². The number of hydrogen-bond acceptors (Lipinski definition) is 4. The summed E-state index contributed by atoms with van der Waals surface area (Å²) in [7, 11) is 0. The number of halogens is 2. The summed E-state index contributed by atoms with van der Waals surface area (Å²) in [5, 5.41) is 3.71. The Morgan fingerprint density at radius 1 is 1.06 bits per heavy atom. The van der Waals surface area contributed by atoms with Crippen LogP contribution in [-0.2, 0) is 19.9 Å². The fourth-order valence-electron chi connectivity index (χ4n) is 6.55. The molecule has 6 rings (SSSR count). The summed E-state index contributed by atoms with van der Waals surface area (Å²) in [4.78, 5) is 44.7. The van der Waals surface area contributed by atoms with Gasteiger partial charge in [0.25, 0.3) is 0 Å². The lowest BCUT2D eigenvalue weighted by atomic mass is 9.75. The average molecular weight is 470 g/mol. The molecule has 3 amide bonds. The molecule has 2 aromatic carbocycles. The number of anilines is 2. The van der Waals surface area contributed by atoms with E-state index in [0.29, 0.717) is 11.6 Å². The predicted octanol–water partition coefficient (Wildman–Crippen LogP) is 4.04. The quantitative estimate of drug-likeness (QED) is 0.639. The minimum Gasteiger partial charge on any atom is -0.324 e. The van der Waals surface area contributed by atoms with E-state index in [1.165, 1.54) is 6.07 Å². The highest BCUT2D eigenvalue weighted by Gasteiger charge is 2.74. The number of hydrogen-bond donors (Lipinski definition) is 1. The largest absolute Gasteiger partial charge is 0.324 e. The van der Waals surface area contributed by atoms with Crippen molar-refractivity contribution in [1.82, 2.24) is 4.90 Å². The fraction of sp³-hybridized carbons (Fsp3) is 0.375. The van der Waals surface area contributed by atoms with Gasteiger partial charge in [0.05, 0.1) is 22.5 Å². The van der Waals surface area contributed by atoms with Gasteiger partial charge in [-0.15, -0.1) is 0 Å². The molecule has 8 heteroatoms. The number of nitrogens with one attached hydrogen (secondary N) is 1. The number of benzene rings is 2. The van der Waals surface area contributed by atoms with Crippen molar-refractivity contribution in [3.8, 4) is 0 Å². The molecule has 3 saturated heterocycles. The molecule has 4 aliphatic heterocycles. The van der Waals surface area contributed by atoms with Crippen LogP contribution in [0.5, 0.6) is 0 Å². The molecule has 0 bridgehead atoms. The van der Waals surface area contributed by atoms with Gasteiger partial charge in [0.15, 0.2) is 0 Å². The topological polar surface area (TPSA) is 69.7 Å². The molecule has 1 N–H and O–H groups in total. The van der Waals surface area contributed by atoms with Crippen LogP contribution in [0, 0.1) is 25.7 Å². The van der Waals surface area contributed by atoms with Crippen LogP contribution in [-0.4, -0.2) is 35.2 Å². The third kappa shape index (κ3) is 2.28. The first kappa shape index (κ1) is 20.2. The van der Waals surface area contributed by atoms with Gasteiger partial charge in [0.2, 0.25) is 17.7 Å². The summed E-state index contributed by atoms with van der Waals surface area (Å²) in [5.41, 5.74) is 2.62. The molecule has 0 aliphatic carbocycles. The highest BCUT2D eigenvalue weighted by Crippen LogP contribution is 2.61. The standard InChI is InChI=1S/C24H21Cl2N3O3/c1-11-8-12(2)20-14(9-11)24(23(32)27-20)19-18(16-4-3-7-28(16)24)21(30)29(22(19)31)17-10-13(25)5-6-15(17)26/h5-6,8-10,16,18-19H,3-4,7H2,1-2H3,(H,27,32)/t16-,18-,19-,24+/m0/s1. The molecule has 0 saturated carbocycles. The molecule has 1 spiro atoms. The molecule has 0 aromatic heterocycles. The second kappa shape index (κ2) is 6.56. The van der Waals surface area contributed by atoms with Crippen molar-refractivity contribution in [1.29, 1.82) is 0 Å². The Labute approximate surface area is 195 Å². The van der Waals surface area contributed by atoms with Gasteiger partial charge in [-0.3, -0.25) is 19.3 Å². The Morgan fingerprint density at radius 2 is 1.84 bits per heavy atom. The molecule has 0 unspecified atom stereocenters. The van der Waals surface area contributed by atoms with E-state index in [-0.39, 0.29) is 34.5 Å². The summed E-state index contributed by atoms with van der Waals surface area (Å²) in [6, 6.07) is 8.58. The van der Waals surface area contributed by atoms with E-state index in [2.05, 4.69) is 10.2 Å². The molecule has 6 nitrogen and oxygen atoms in total. The number of carbonyl (C=O) groups excluding carboxylic acids is 3. The maximum Gasteiger partial charge on any atom is 0.250 e. The number of nitrogens with zero attached hydrogens (tertiary/aromatic N) is 2. The van der Waals surface area contributed by atoms with E-state index in [4.69, 9.17) is 23.2 Å². The average Bonchev–Trinajstić information content (AvgIpc) is 3.43. The van der Waals surface area contributed by atoms with Gasteiger partial charge in [-0.2, -0.15) is 0 Å². The zero-order chi connectivity index (χ0) is 22.5. The Morgan fingerprint density at radius 3 is 2.62 bits per heavy atom. The second-order valence-corrected chi connectivity index (χ2v) is 10.1. The van der Waals surface area contributed by atoms with Crippen molar-refractivity contribution in [3.63, 3.8) is 0 Å². The van der Waals surface area contributed by atoms with Crippen molar-refractivity contribution < 1.29 is 14.4 Å². The van der Waals surface area contributed by atoms with E-state index < -0.39 is 17.4 Å². The highest BCUT2D eigenvalue weighted by atomic mass is 35.5. The molecule has 4 atom stereocenters. The summed E-state index contributed by atoms with van der Waals surface area (Å²) in [5.74, 6) is -2.32. The summed E-state index contributed by atoms with van der Waals surface area (Å²) in [6.45, 7) is 4.62. The lowest BCUT2D eigenvalue weighted by Crippen LogP contribution is -2.54. The van der Waals surface area contributed by atoms with Crippen molar-refractivity contribution in [3.05, 3.63) is 57.1 Å². The van der Waals surface area contributed by atoms with Crippen molar-refractivity contribution in [2.45, 2.75) is 38.3 Å². The molecule has 2 aromatic rings. The first-order valence-electron chi connectivity index (χ1n) is 10.8. The number of fused-ring (bicyclic) bond motifs is 7. The van der Waals surface area contributed by atoms with Gasteiger partial charge in [-0.05, 0) is 57.0 Å². The monoisotopic (exact) mass is 469 g/mol. The van der Waals surface area contributed by atoms with Crippen molar-refractivity contribution in [2.24, 2.45) is 11.8 Å². The molecular formula is C24H21Cl2N3O3. The van der Waals surface area contributed by atoms with Gasteiger partial charge in [-0.25, -0.2) is 4.90 Å². The maximum atomic E-state index is 14.0. The van der Waals surface area contributed by atoms with Crippen LogP contribution in [0.2, 0.25) is 10.0 Å². The van der Waals surface area contributed by atoms with Gasteiger partial charge in [0.1, 0.15) is 5.54 Å². The number of amides is 3. The second-order valence-electron chi connectivity index (χ2n) is 9.24.